The maximum Gasteiger partial charge on any atom is 0.335 e. The van der Waals surface area contributed by atoms with Crippen molar-refractivity contribution in [3.63, 3.8) is 0 Å². The van der Waals surface area contributed by atoms with Gasteiger partial charge in [-0.3, -0.25) is 14.5 Å². The van der Waals surface area contributed by atoms with Crippen molar-refractivity contribution in [2.45, 2.75) is 6.92 Å². The van der Waals surface area contributed by atoms with Crippen molar-refractivity contribution in [3.05, 3.63) is 82.5 Å². The number of ketones is 1. The van der Waals surface area contributed by atoms with E-state index in [1.807, 2.05) is 0 Å². The van der Waals surface area contributed by atoms with Crippen molar-refractivity contribution in [3.8, 4) is 11.3 Å². The number of nitrogens with zero attached hydrogens (tertiary/aromatic N) is 1. The first-order chi connectivity index (χ1) is 14.8. The first-order valence-electron chi connectivity index (χ1n) is 9.16. The molecule has 31 heavy (non-hydrogen) atoms. The third kappa shape index (κ3) is 4.21. The maximum atomic E-state index is 12.9. The predicted octanol–water partition coefficient (Wildman–Crippen LogP) is 5.25. The number of benzene rings is 2. The van der Waals surface area contributed by atoms with Crippen LogP contribution in [0.5, 0.6) is 0 Å². The van der Waals surface area contributed by atoms with Crippen molar-refractivity contribution >= 4 is 57.7 Å². The smallest absolute Gasteiger partial charge is 0.335 e. The average molecular weight is 450 g/mol. The van der Waals surface area contributed by atoms with Gasteiger partial charge in [-0.25, -0.2) is 4.79 Å². The van der Waals surface area contributed by atoms with Gasteiger partial charge in [0.1, 0.15) is 11.5 Å². The van der Waals surface area contributed by atoms with E-state index in [2.05, 4.69) is 0 Å². The SMILES string of the molecule is CC(=O)c1ccc(-c2ccc(C=C3SC(=S)N(c4ccc(C(=O)O)cc4)C3=O)o2)cc1. The van der Waals surface area contributed by atoms with Crippen LogP contribution in [0.15, 0.2) is 70.0 Å². The minimum absolute atomic E-state index is 0.00805. The third-order valence-electron chi connectivity index (χ3n) is 4.64. The highest BCUT2D eigenvalue weighted by Gasteiger charge is 2.33. The molecule has 0 spiro atoms. The molecule has 3 aromatic rings. The Morgan fingerprint density at radius 1 is 1.00 bits per heavy atom. The summed E-state index contributed by atoms with van der Waals surface area (Å²) in [7, 11) is 0. The van der Waals surface area contributed by atoms with Crippen LogP contribution < -0.4 is 4.90 Å². The lowest BCUT2D eigenvalue weighted by Crippen LogP contribution is -2.27. The first kappa shape index (κ1) is 20.8. The Labute approximate surface area is 187 Å². The van der Waals surface area contributed by atoms with Crippen LogP contribution in [-0.2, 0) is 4.79 Å². The molecule has 1 aliphatic heterocycles. The number of carboxylic acids is 1. The Morgan fingerprint density at radius 2 is 1.65 bits per heavy atom. The van der Waals surface area contributed by atoms with E-state index in [9.17, 15) is 14.4 Å². The van der Waals surface area contributed by atoms with E-state index in [0.717, 1.165) is 17.3 Å². The van der Waals surface area contributed by atoms with Gasteiger partial charge in [-0.1, -0.05) is 48.2 Å². The molecule has 0 atom stereocenters. The van der Waals surface area contributed by atoms with Crippen LogP contribution >= 0.6 is 24.0 Å². The molecule has 2 aromatic carbocycles. The van der Waals surface area contributed by atoms with Crippen LogP contribution in [-0.4, -0.2) is 27.1 Å². The van der Waals surface area contributed by atoms with Gasteiger partial charge in [0.05, 0.1) is 16.2 Å². The van der Waals surface area contributed by atoms with Gasteiger partial charge in [0, 0.05) is 17.2 Å². The van der Waals surface area contributed by atoms with E-state index in [0.29, 0.717) is 32.0 Å². The molecular weight excluding hydrogens is 434 g/mol. The van der Waals surface area contributed by atoms with Gasteiger partial charge in [0.15, 0.2) is 10.1 Å². The summed E-state index contributed by atoms with van der Waals surface area (Å²) in [6, 6.07) is 16.6. The highest BCUT2D eigenvalue weighted by molar-refractivity contribution is 8.27. The number of furan rings is 1. The molecule has 0 aliphatic carbocycles. The lowest BCUT2D eigenvalue weighted by Gasteiger charge is -2.14. The van der Waals surface area contributed by atoms with E-state index in [1.54, 1.807) is 54.6 Å². The fraction of sp³-hybridized carbons (Fsp3) is 0.0435. The van der Waals surface area contributed by atoms with Crippen LogP contribution in [0.2, 0.25) is 0 Å². The Balaban J connectivity index is 1.56. The number of hydrogen-bond donors (Lipinski definition) is 1. The van der Waals surface area contributed by atoms with Gasteiger partial charge >= 0.3 is 5.97 Å². The maximum absolute atomic E-state index is 12.9. The minimum atomic E-state index is -1.04. The zero-order chi connectivity index (χ0) is 22.1. The molecule has 1 N–H and O–H groups in total. The Bertz CT molecular complexity index is 1240. The number of carboxylic acid groups (broad SMARTS) is 1. The zero-order valence-electron chi connectivity index (χ0n) is 16.2. The normalized spacial score (nSPS) is 15.0. The zero-order valence-corrected chi connectivity index (χ0v) is 17.8. The fourth-order valence-corrected chi connectivity index (χ4v) is 4.31. The van der Waals surface area contributed by atoms with Crippen molar-refractivity contribution < 1.29 is 23.9 Å². The molecular formula is C23H15NO5S2. The average Bonchev–Trinajstić information content (AvgIpc) is 3.32. The molecule has 0 radical (unpaired) electrons. The number of Topliss-reactive ketones (excluding diaryl/α,β-unsaturated/α-hetero) is 1. The van der Waals surface area contributed by atoms with Crippen molar-refractivity contribution in [1.82, 2.24) is 0 Å². The summed E-state index contributed by atoms with van der Waals surface area (Å²) in [6.07, 6.45) is 1.62. The van der Waals surface area contributed by atoms with Gasteiger partial charge in [-0.05, 0) is 43.3 Å². The van der Waals surface area contributed by atoms with E-state index in [1.165, 1.54) is 24.0 Å². The predicted molar refractivity (Wildman–Crippen MR) is 123 cm³/mol. The lowest BCUT2D eigenvalue weighted by molar-refractivity contribution is -0.113. The van der Waals surface area contributed by atoms with Gasteiger partial charge in [-0.15, -0.1) is 0 Å². The molecule has 1 aliphatic rings. The minimum Gasteiger partial charge on any atom is -0.478 e. The molecule has 6 nitrogen and oxygen atoms in total. The Hall–Kier alpha value is -3.49. The largest absolute Gasteiger partial charge is 0.478 e. The van der Waals surface area contributed by atoms with Crippen LogP contribution in [0.1, 0.15) is 33.4 Å². The summed E-state index contributed by atoms with van der Waals surface area (Å²) in [6.45, 7) is 1.51. The molecule has 1 saturated heterocycles. The summed E-state index contributed by atoms with van der Waals surface area (Å²) in [4.78, 5) is 37.1. The van der Waals surface area contributed by atoms with Gasteiger partial charge < -0.3 is 9.52 Å². The van der Waals surface area contributed by atoms with Crippen LogP contribution in [0.25, 0.3) is 17.4 Å². The molecule has 154 valence electrons. The summed E-state index contributed by atoms with van der Waals surface area (Å²) in [5, 5.41) is 9.03. The highest BCUT2D eigenvalue weighted by atomic mass is 32.2. The number of hydrogen-bond acceptors (Lipinski definition) is 6. The number of rotatable bonds is 5. The van der Waals surface area contributed by atoms with E-state index in [-0.39, 0.29) is 17.3 Å². The number of aromatic carboxylic acids is 1. The number of anilines is 1. The van der Waals surface area contributed by atoms with Crippen LogP contribution in [0.3, 0.4) is 0 Å². The molecule has 0 saturated carbocycles. The molecule has 2 heterocycles. The van der Waals surface area contributed by atoms with Crippen molar-refractivity contribution in [2.75, 3.05) is 4.90 Å². The second-order valence-corrected chi connectivity index (χ2v) is 8.38. The summed E-state index contributed by atoms with van der Waals surface area (Å²) in [5.74, 6) is -0.247. The standard InChI is InChI=1S/C23H15NO5S2/c1-13(25)14-2-4-15(5-3-14)19-11-10-18(29-19)12-20-21(26)24(23(30)31-20)17-8-6-16(7-9-17)22(27)28/h2-12H,1H3,(H,27,28). The molecule has 0 bridgehead atoms. The number of amides is 1. The quantitative estimate of drug-likeness (QED) is 0.323. The summed E-state index contributed by atoms with van der Waals surface area (Å²) < 4.78 is 6.20. The first-order valence-corrected chi connectivity index (χ1v) is 10.4. The van der Waals surface area contributed by atoms with Gasteiger partial charge in [0.25, 0.3) is 5.91 Å². The monoisotopic (exact) mass is 449 g/mol. The second kappa shape index (κ2) is 8.33. The molecule has 0 unspecified atom stereocenters. The number of thiocarbonyl (C=S) groups is 1. The molecule has 4 rings (SSSR count). The van der Waals surface area contributed by atoms with Gasteiger partial charge in [0.2, 0.25) is 0 Å². The molecule has 1 amide bonds. The third-order valence-corrected chi connectivity index (χ3v) is 5.94. The van der Waals surface area contributed by atoms with Crippen LogP contribution in [0.4, 0.5) is 5.69 Å². The van der Waals surface area contributed by atoms with E-state index >= 15 is 0 Å². The second-order valence-electron chi connectivity index (χ2n) is 6.70. The number of carbonyl (C=O) groups is 3. The van der Waals surface area contributed by atoms with Gasteiger partial charge in [-0.2, -0.15) is 0 Å². The molecule has 1 aromatic heterocycles. The Morgan fingerprint density at radius 3 is 2.26 bits per heavy atom. The highest BCUT2D eigenvalue weighted by Crippen LogP contribution is 2.36. The molecule has 1 fully saturated rings. The fourth-order valence-electron chi connectivity index (χ4n) is 3.03. The number of carbonyl (C=O) groups excluding carboxylic acids is 2. The summed E-state index contributed by atoms with van der Waals surface area (Å²) in [5.41, 5.74) is 2.07. The summed E-state index contributed by atoms with van der Waals surface area (Å²) >= 11 is 6.49. The topological polar surface area (TPSA) is 87.8 Å². The van der Waals surface area contributed by atoms with E-state index in [4.69, 9.17) is 21.7 Å². The van der Waals surface area contributed by atoms with Crippen molar-refractivity contribution in [2.24, 2.45) is 0 Å². The lowest BCUT2D eigenvalue weighted by atomic mass is 10.1. The Kier molecular flexibility index (Phi) is 5.58. The number of thioether (sulfide) groups is 1. The van der Waals surface area contributed by atoms with Crippen molar-refractivity contribution in [1.29, 1.82) is 0 Å². The molecule has 8 heteroatoms. The van der Waals surface area contributed by atoms with Crippen LogP contribution in [0, 0.1) is 0 Å². The van der Waals surface area contributed by atoms with E-state index < -0.39 is 5.97 Å².